The molecule has 0 atom stereocenters. The average Bonchev–Trinajstić information content (AvgIpc) is 3.01. The largest absolute Gasteiger partial charge is 0.369 e. The van der Waals surface area contributed by atoms with Crippen LogP contribution in [0.4, 0.5) is 10.8 Å². The fraction of sp³-hybridized carbons (Fsp3) is 0.333. The zero-order chi connectivity index (χ0) is 19.1. The molecule has 0 radical (unpaired) electrons. The van der Waals surface area contributed by atoms with Gasteiger partial charge >= 0.3 is 0 Å². The van der Waals surface area contributed by atoms with Gasteiger partial charge in [-0.25, -0.2) is 4.98 Å². The Morgan fingerprint density at radius 2 is 1.96 bits per heavy atom. The van der Waals surface area contributed by atoms with Crippen molar-refractivity contribution in [3.63, 3.8) is 0 Å². The van der Waals surface area contributed by atoms with Gasteiger partial charge in [-0.05, 0) is 34.5 Å². The smallest absolute Gasteiger partial charge is 0.242 e. The lowest BCUT2D eigenvalue weighted by atomic mass is 10.0. The van der Waals surface area contributed by atoms with Crippen LogP contribution in [0.3, 0.4) is 0 Å². The lowest BCUT2D eigenvalue weighted by molar-refractivity contribution is -0.125. The molecular weight excluding hydrogens is 418 g/mol. The quantitative estimate of drug-likeness (QED) is 0.361. The fourth-order valence-corrected chi connectivity index (χ4v) is 3.71. The Morgan fingerprint density at radius 3 is 2.58 bits per heavy atom. The van der Waals surface area contributed by atoms with Gasteiger partial charge in [0.2, 0.25) is 11.8 Å². The summed E-state index contributed by atoms with van der Waals surface area (Å²) in [5.41, 5.74) is 6.05. The summed E-state index contributed by atoms with van der Waals surface area (Å²) in [6, 6.07) is 6.87. The number of hydrogen-bond acceptors (Lipinski definition) is 5. The number of halogens is 1. The van der Waals surface area contributed by atoms with Gasteiger partial charge in [-0.15, -0.1) is 0 Å². The molecule has 1 heterocycles. The third kappa shape index (κ3) is 5.22. The van der Waals surface area contributed by atoms with E-state index in [1.165, 1.54) is 16.2 Å². The first-order chi connectivity index (χ1) is 12.4. The van der Waals surface area contributed by atoms with E-state index >= 15 is 0 Å². The molecule has 0 aliphatic carbocycles. The normalized spacial score (nSPS) is 10.5. The number of ketones is 1. The SMILES string of the molecule is CCCCCC(=O)c1ccccc1N(C(=O)CC(N)=O)c1ncc(Br)s1. The minimum atomic E-state index is -0.734. The number of primary amides is 1. The van der Waals surface area contributed by atoms with E-state index in [4.69, 9.17) is 5.73 Å². The molecule has 0 aliphatic rings. The maximum atomic E-state index is 12.7. The number of unbranched alkanes of at least 4 members (excludes halogenated alkanes) is 2. The van der Waals surface area contributed by atoms with Crippen LogP contribution in [0.15, 0.2) is 34.2 Å². The van der Waals surface area contributed by atoms with Crippen LogP contribution < -0.4 is 10.6 Å². The number of rotatable bonds is 9. The highest BCUT2D eigenvalue weighted by Crippen LogP contribution is 2.35. The van der Waals surface area contributed by atoms with Gasteiger partial charge in [-0.3, -0.25) is 19.3 Å². The van der Waals surface area contributed by atoms with Crippen molar-refractivity contribution in [2.45, 2.75) is 39.0 Å². The lowest BCUT2D eigenvalue weighted by Gasteiger charge is -2.22. The topological polar surface area (TPSA) is 93.4 Å². The number of carbonyl (C=O) groups excluding carboxylic acids is 3. The van der Waals surface area contributed by atoms with Gasteiger partial charge in [0.25, 0.3) is 0 Å². The van der Waals surface area contributed by atoms with Crippen molar-refractivity contribution in [1.29, 1.82) is 0 Å². The van der Waals surface area contributed by atoms with Crippen LogP contribution in [0.25, 0.3) is 0 Å². The van der Waals surface area contributed by atoms with Gasteiger partial charge < -0.3 is 5.73 Å². The number of benzene rings is 1. The highest BCUT2D eigenvalue weighted by molar-refractivity contribution is 9.11. The number of amides is 2. The summed E-state index contributed by atoms with van der Waals surface area (Å²) in [5, 5.41) is 0.372. The predicted octanol–water partition coefficient (Wildman–Crippen LogP) is 4.21. The van der Waals surface area contributed by atoms with Crippen LogP contribution in [0.1, 0.15) is 49.4 Å². The number of thiazole rings is 1. The van der Waals surface area contributed by atoms with Gasteiger partial charge in [0.05, 0.1) is 15.7 Å². The Balaban J connectivity index is 2.43. The second kappa shape index (κ2) is 9.59. The van der Waals surface area contributed by atoms with Gasteiger partial charge in [0.1, 0.15) is 6.42 Å². The second-order valence-electron chi connectivity index (χ2n) is 5.72. The van der Waals surface area contributed by atoms with Crippen LogP contribution in [-0.2, 0) is 9.59 Å². The third-order valence-corrected chi connectivity index (χ3v) is 5.15. The maximum Gasteiger partial charge on any atom is 0.242 e. The molecule has 2 N–H and O–H groups in total. The predicted molar refractivity (Wildman–Crippen MR) is 106 cm³/mol. The van der Waals surface area contributed by atoms with Gasteiger partial charge in [-0.2, -0.15) is 0 Å². The van der Waals surface area contributed by atoms with Crippen LogP contribution in [0, 0.1) is 0 Å². The van der Waals surface area contributed by atoms with Gasteiger partial charge in [0.15, 0.2) is 10.9 Å². The monoisotopic (exact) mass is 437 g/mol. The summed E-state index contributed by atoms with van der Waals surface area (Å²) in [4.78, 5) is 42.1. The molecule has 2 amide bonds. The summed E-state index contributed by atoms with van der Waals surface area (Å²) in [6.07, 6.45) is 4.29. The number of nitrogens with zero attached hydrogens (tertiary/aromatic N) is 2. The molecule has 8 heteroatoms. The van der Waals surface area contributed by atoms with Crippen molar-refractivity contribution in [3.8, 4) is 0 Å². The molecule has 0 spiro atoms. The van der Waals surface area contributed by atoms with Gasteiger partial charge in [-0.1, -0.05) is 43.2 Å². The van der Waals surface area contributed by atoms with Crippen molar-refractivity contribution < 1.29 is 14.4 Å². The number of aromatic nitrogens is 1. The molecule has 0 fully saturated rings. The van der Waals surface area contributed by atoms with E-state index < -0.39 is 18.2 Å². The third-order valence-electron chi connectivity index (χ3n) is 3.68. The number of Topliss-reactive ketones (excluding diaryl/α,β-unsaturated/α-hetero) is 1. The van der Waals surface area contributed by atoms with Crippen molar-refractivity contribution in [3.05, 3.63) is 39.8 Å². The molecule has 6 nitrogen and oxygen atoms in total. The molecule has 26 heavy (non-hydrogen) atoms. The van der Waals surface area contributed by atoms with E-state index in [2.05, 4.69) is 27.8 Å². The zero-order valence-electron chi connectivity index (χ0n) is 14.4. The summed E-state index contributed by atoms with van der Waals surface area (Å²) in [7, 11) is 0. The average molecular weight is 438 g/mol. The summed E-state index contributed by atoms with van der Waals surface area (Å²) < 4.78 is 0.733. The maximum absolute atomic E-state index is 12.7. The van der Waals surface area contributed by atoms with Crippen molar-refractivity contribution in [1.82, 2.24) is 4.98 Å². The van der Waals surface area contributed by atoms with E-state index in [0.29, 0.717) is 22.8 Å². The fourth-order valence-electron chi connectivity index (χ4n) is 2.50. The van der Waals surface area contributed by atoms with Crippen LogP contribution in [-0.4, -0.2) is 22.6 Å². The number of nitrogens with two attached hydrogens (primary N) is 1. The van der Waals surface area contributed by atoms with E-state index in [0.717, 1.165) is 23.0 Å². The summed E-state index contributed by atoms with van der Waals surface area (Å²) >= 11 is 4.56. The summed E-state index contributed by atoms with van der Waals surface area (Å²) in [6.45, 7) is 2.07. The van der Waals surface area contributed by atoms with E-state index in [9.17, 15) is 14.4 Å². The highest BCUT2D eigenvalue weighted by atomic mass is 79.9. The van der Waals surface area contributed by atoms with Crippen molar-refractivity contribution in [2.24, 2.45) is 5.73 Å². The summed E-state index contributed by atoms with van der Waals surface area (Å²) in [5.74, 6) is -1.29. The van der Waals surface area contributed by atoms with Crippen molar-refractivity contribution in [2.75, 3.05) is 4.90 Å². The Labute approximate surface area is 164 Å². The Bertz CT molecular complexity index is 806. The van der Waals surface area contributed by atoms with Crippen molar-refractivity contribution >= 4 is 55.7 Å². The zero-order valence-corrected chi connectivity index (χ0v) is 16.8. The Morgan fingerprint density at radius 1 is 1.23 bits per heavy atom. The molecule has 0 unspecified atom stereocenters. The number of anilines is 2. The van der Waals surface area contributed by atoms with Gasteiger partial charge in [0, 0.05) is 12.0 Å². The van der Waals surface area contributed by atoms with Crippen LogP contribution >= 0.6 is 27.3 Å². The van der Waals surface area contributed by atoms with E-state index in [1.807, 2.05) is 0 Å². The molecule has 138 valence electrons. The number of para-hydroxylation sites is 1. The molecule has 0 aliphatic heterocycles. The molecule has 2 aromatic rings. The molecule has 1 aromatic carbocycles. The first kappa shape index (κ1) is 20.3. The highest BCUT2D eigenvalue weighted by Gasteiger charge is 2.26. The molecule has 0 saturated heterocycles. The molecular formula is C18H20BrN3O3S. The molecule has 1 aromatic heterocycles. The molecule has 0 saturated carbocycles. The lowest BCUT2D eigenvalue weighted by Crippen LogP contribution is -2.31. The molecule has 2 rings (SSSR count). The number of hydrogen-bond donors (Lipinski definition) is 1. The van der Waals surface area contributed by atoms with E-state index in [-0.39, 0.29) is 5.78 Å². The molecule has 0 bridgehead atoms. The standard InChI is InChI=1S/C18H20BrN3O3S/c1-2-3-4-9-14(23)12-7-5-6-8-13(12)22(17(25)10-16(20)24)18-21-11-15(19)26-18/h5-8,11H,2-4,9-10H2,1H3,(H2,20,24). The minimum Gasteiger partial charge on any atom is -0.369 e. The Hall–Kier alpha value is -2.06. The first-order valence-electron chi connectivity index (χ1n) is 8.28. The van der Waals surface area contributed by atoms with Crippen LogP contribution in [0.2, 0.25) is 0 Å². The first-order valence-corrected chi connectivity index (χ1v) is 9.89. The Kier molecular flexibility index (Phi) is 7.47. The number of carbonyl (C=O) groups is 3. The van der Waals surface area contributed by atoms with E-state index in [1.54, 1.807) is 30.5 Å². The minimum absolute atomic E-state index is 0.0402. The van der Waals surface area contributed by atoms with Crippen LogP contribution in [0.5, 0.6) is 0 Å². The second-order valence-corrected chi connectivity index (χ2v) is 8.10.